The molecule has 0 aliphatic heterocycles. The van der Waals surface area contributed by atoms with E-state index in [2.05, 4.69) is 5.32 Å². The maximum Gasteiger partial charge on any atom is 0.243 e. The van der Waals surface area contributed by atoms with Gasteiger partial charge in [-0.1, -0.05) is 12.1 Å². The molecule has 0 heterocycles. The van der Waals surface area contributed by atoms with Crippen LogP contribution in [-0.4, -0.2) is 44.5 Å². The van der Waals surface area contributed by atoms with Gasteiger partial charge >= 0.3 is 0 Å². The first-order valence-electron chi connectivity index (χ1n) is 8.43. The Balaban J connectivity index is 1.85. The van der Waals surface area contributed by atoms with Crippen LogP contribution in [0, 0.1) is 5.82 Å². The first-order valence-corrected chi connectivity index (χ1v) is 8.43. The van der Waals surface area contributed by atoms with E-state index in [-0.39, 0.29) is 24.8 Å². The molecule has 0 atom stereocenters. The van der Waals surface area contributed by atoms with Gasteiger partial charge in [0, 0.05) is 19.2 Å². The van der Waals surface area contributed by atoms with Crippen molar-refractivity contribution in [2.24, 2.45) is 0 Å². The molecule has 7 heteroatoms. The third-order valence-corrected chi connectivity index (χ3v) is 3.99. The number of methoxy groups -OCH3 is 2. The summed E-state index contributed by atoms with van der Waals surface area (Å²) in [5, 5.41) is 2.57. The molecule has 0 unspecified atom stereocenters. The maximum atomic E-state index is 13.1. The topological polar surface area (TPSA) is 67.9 Å². The molecule has 0 fully saturated rings. The van der Waals surface area contributed by atoms with Crippen LogP contribution in [0.4, 0.5) is 10.1 Å². The lowest BCUT2D eigenvalue weighted by molar-refractivity contribution is -0.133. The van der Waals surface area contributed by atoms with Crippen molar-refractivity contribution >= 4 is 17.5 Å². The lowest BCUT2D eigenvalue weighted by atomic mass is 10.1. The number of hydrogen-bond donors (Lipinski definition) is 1. The van der Waals surface area contributed by atoms with Gasteiger partial charge in [-0.3, -0.25) is 9.59 Å². The number of rotatable bonds is 8. The molecule has 0 aliphatic carbocycles. The Morgan fingerprint density at radius 3 is 2.48 bits per heavy atom. The zero-order valence-corrected chi connectivity index (χ0v) is 15.6. The number of amides is 2. The fourth-order valence-corrected chi connectivity index (χ4v) is 2.55. The molecule has 2 aromatic rings. The van der Waals surface area contributed by atoms with Crippen molar-refractivity contribution in [2.75, 3.05) is 33.1 Å². The van der Waals surface area contributed by atoms with Crippen LogP contribution in [0.3, 0.4) is 0 Å². The summed E-state index contributed by atoms with van der Waals surface area (Å²) in [4.78, 5) is 25.6. The second kappa shape index (κ2) is 9.56. The van der Waals surface area contributed by atoms with Crippen molar-refractivity contribution < 1.29 is 23.5 Å². The maximum absolute atomic E-state index is 13.1. The number of benzene rings is 2. The Morgan fingerprint density at radius 2 is 1.81 bits per heavy atom. The van der Waals surface area contributed by atoms with Crippen molar-refractivity contribution in [3.8, 4) is 11.5 Å². The fraction of sp³-hybridized carbons (Fsp3) is 0.300. The Hall–Kier alpha value is -3.09. The number of ether oxygens (including phenoxy) is 2. The molecule has 0 spiro atoms. The molecule has 2 amide bonds. The molecule has 0 aromatic heterocycles. The Morgan fingerprint density at radius 1 is 1.07 bits per heavy atom. The second-order valence-corrected chi connectivity index (χ2v) is 6.00. The molecule has 0 saturated heterocycles. The monoisotopic (exact) mass is 374 g/mol. The fourth-order valence-electron chi connectivity index (χ4n) is 2.55. The van der Waals surface area contributed by atoms with Gasteiger partial charge in [0.15, 0.2) is 11.5 Å². The summed E-state index contributed by atoms with van der Waals surface area (Å²) in [7, 11) is 4.67. The summed E-state index contributed by atoms with van der Waals surface area (Å²) in [6.45, 7) is -0.110. The molecule has 0 saturated carbocycles. The largest absolute Gasteiger partial charge is 0.493 e. The molecule has 0 bridgehead atoms. The van der Waals surface area contributed by atoms with E-state index in [9.17, 15) is 14.0 Å². The third kappa shape index (κ3) is 5.99. The Bertz CT molecular complexity index is 810. The SMILES string of the molecule is COc1ccc(CCC(=O)N(C)CC(=O)Nc2cccc(F)c2)cc1OC. The highest BCUT2D eigenvalue weighted by Crippen LogP contribution is 2.28. The summed E-state index contributed by atoms with van der Waals surface area (Å²) in [6.07, 6.45) is 0.758. The third-order valence-electron chi connectivity index (χ3n) is 3.99. The van der Waals surface area contributed by atoms with E-state index in [1.54, 1.807) is 33.4 Å². The van der Waals surface area contributed by atoms with E-state index in [1.807, 2.05) is 12.1 Å². The first kappa shape index (κ1) is 20.2. The number of likely N-dealkylation sites (N-methyl/N-ethyl adjacent to an activating group) is 1. The quantitative estimate of drug-likeness (QED) is 0.772. The minimum absolute atomic E-state index is 0.110. The van der Waals surface area contributed by atoms with Crippen molar-refractivity contribution in [1.29, 1.82) is 0 Å². The van der Waals surface area contributed by atoms with Crippen LogP contribution >= 0.6 is 0 Å². The van der Waals surface area contributed by atoms with Crippen LogP contribution in [0.2, 0.25) is 0 Å². The summed E-state index contributed by atoms with van der Waals surface area (Å²) >= 11 is 0. The van der Waals surface area contributed by atoms with Gasteiger partial charge in [0.1, 0.15) is 5.82 Å². The highest BCUT2D eigenvalue weighted by atomic mass is 19.1. The van der Waals surface area contributed by atoms with Crippen molar-refractivity contribution in [3.05, 3.63) is 53.8 Å². The number of aryl methyl sites for hydroxylation is 1. The average molecular weight is 374 g/mol. The number of hydrogen-bond acceptors (Lipinski definition) is 4. The number of halogens is 1. The molecule has 144 valence electrons. The highest BCUT2D eigenvalue weighted by molar-refractivity contribution is 5.94. The number of nitrogens with zero attached hydrogens (tertiary/aromatic N) is 1. The van der Waals surface area contributed by atoms with E-state index < -0.39 is 5.82 Å². The predicted molar refractivity (Wildman–Crippen MR) is 101 cm³/mol. The minimum Gasteiger partial charge on any atom is -0.493 e. The van der Waals surface area contributed by atoms with E-state index in [0.29, 0.717) is 23.6 Å². The highest BCUT2D eigenvalue weighted by Gasteiger charge is 2.14. The van der Waals surface area contributed by atoms with Gasteiger partial charge in [0.05, 0.1) is 20.8 Å². The molecule has 0 aliphatic rings. The molecule has 0 radical (unpaired) electrons. The van der Waals surface area contributed by atoms with E-state index in [0.717, 1.165) is 5.56 Å². The van der Waals surface area contributed by atoms with E-state index in [1.165, 1.54) is 23.1 Å². The van der Waals surface area contributed by atoms with Gasteiger partial charge in [-0.15, -0.1) is 0 Å². The second-order valence-electron chi connectivity index (χ2n) is 6.00. The van der Waals surface area contributed by atoms with E-state index >= 15 is 0 Å². The van der Waals surface area contributed by atoms with E-state index in [4.69, 9.17) is 9.47 Å². The van der Waals surface area contributed by atoms with Gasteiger partial charge < -0.3 is 19.7 Å². The van der Waals surface area contributed by atoms with Crippen LogP contribution in [-0.2, 0) is 16.0 Å². The van der Waals surface area contributed by atoms with Gasteiger partial charge in [-0.05, 0) is 42.3 Å². The van der Waals surface area contributed by atoms with Crippen LogP contribution in [0.25, 0.3) is 0 Å². The zero-order chi connectivity index (χ0) is 19.8. The lowest BCUT2D eigenvalue weighted by Crippen LogP contribution is -2.35. The summed E-state index contributed by atoms with van der Waals surface area (Å²) in [5.41, 5.74) is 1.28. The zero-order valence-electron chi connectivity index (χ0n) is 15.6. The number of carbonyl (C=O) groups is 2. The van der Waals surface area contributed by atoms with Crippen molar-refractivity contribution in [3.63, 3.8) is 0 Å². The van der Waals surface area contributed by atoms with Gasteiger partial charge in [0.25, 0.3) is 0 Å². The summed E-state index contributed by atoms with van der Waals surface area (Å²) < 4.78 is 23.6. The van der Waals surface area contributed by atoms with Gasteiger partial charge in [0.2, 0.25) is 11.8 Å². The lowest BCUT2D eigenvalue weighted by Gasteiger charge is -2.17. The number of anilines is 1. The van der Waals surface area contributed by atoms with Crippen LogP contribution in [0.5, 0.6) is 11.5 Å². The molecule has 27 heavy (non-hydrogen) atoms. The van der Waals surface area contributed by atoms with Gasteiger partial charge in [-0.25, -0.2) is 4.39 Å². The molecule has 2 rings (SSSR count). The summed E-state index contributed by atoms with van der Waals surface area (Å²) in [6, 6.07) is 11.1. The van der Waals surface area contributed by atoms with Crippen LogP contribution in [0.15, 0.2) is 42.5 Å². The number of carbonyl (C=O) groups excluding carboxylic acids is 2. The summed E-state index contributed by atoms with van der Waals surface area (Å²) in [5.74, 6) is 0.234. The minimum atomic E-state index is -0.438. The Kier molecular flexibility index (Phi) is 7.16. The van der Waals surface area contributed by atoms with Gasteiger partial charge in [-0.2, -0.15) is 0 Å². The normalized spacial score (nSPS) is 10.2. The molecule has 6 nitrogen and oxygen atoms in total. The van der Waals surface area contributed by atoms with Crippen molar-refractivity contribution in [2.45, 2.75) is 12.8 Å². The molecule has 1 N–H and O–H groups in total. The first-order chi connectivity index (χ1) is 12.9. The molecular formula is C20H23FN2O4. The predicted octanol–water partition coefficient (Wildman–Crippen LogP) is 2.87. The smallest absolute Gasteiger partial charge is 0.243 e. The average Bonchev–Trinajstić information content (AvgIpc) is 2.65. The Labute approximate surface area is 157 Å². The molecular weight excluding hydrogens is 351 g/mol. The van der Waals surface area contributed by atoms with Crippen molar-refractivity contribution in [1.82, 2.24) is 4.90 Å². The number of nitrogens with one attached hydrogen (secondary N) is 1. The standard InChI is InChI=1S/C20H23FN2O4/c1-23(13-19(24)22-16-6-4-5-15(21)12-16)20(25)10-8-14-7-9-17(26-2)18(11-14)27-3/h4-7,9,11-12H,8,10,13H2,1-3H3,(H,22,24). The molecule has 2 aromatic carbocycles. The van der Waals surface area contributed by atoms with Crippen LogP contribution in [0.1, 0.15) is 12.0 Å². The van der Waals surface area contributed by atoms with Crippen LogP contribution < -0.4 is 14.8 Å².